The van der Waals surface area contributed by atoms with Gasteiger partial charge in [-0.05, 0) is 47.1 Å². The summed E-state index contributed by atoms with van der Waals surface area (Å²) in [6.07, 6.45) is -1.31. The van der Waals surface area contributed by atoms with E-state index in [1.165, 1.54) is 11.0 Å². The summed E-state index contributed by atoms with van der Waals surface area (Å²) in [6, 6.07) is 7.70. The third kappa shape index (κ3) is 4.93. The highest BCUT2D eigenvalue weighted by atomic mass is 19.1. The molecule has 0 bridgehead atoms. The van der Waals surface area contributed by atoms with E-state index in [1.54, 1.807) is 65.8 Å². The molecule has 0 spiro atoms. The molecule has 8 nitrogen and oxygen atoms in total. The first-order chi connectivity index (χ1) is 15.0. The molecule has 1 amide bonds. The molecule has 1 aromatic heterocycles. The van der Waals surface area contributed by atoms with Crippen molar-refractivity contribution in [3.8, 4) is 11.3 Å². The van der Waals surface area contributed by atoms with Crippen molar-refractivity contribution in [3.05, 3.63) is 41.6 Å². The molecular weight excluding hydrogens is 419 g/mol. The lowest BCUT2D eigenvalue weighted by Crippen LogP contribution is -2.50. The second-order valence-electron chi connectivity index (χ2n) is 8.98. The number of esters is 1. The van der Waals surface area contributed by atoms with Crippen molar-refractivity contribution in [1.29, 1.82) is 0 Å². The van der Waals surface area contributed by atoms with Crippen LogP contribution in [-0.2, 0) is 14.2 Å². The molecule has 1 aliphatic heterocycles. The summed E-state index contributed by atoms with van der Waals surface area (Å²) in [4.78, 5) is 25.9. The molecule has 2 aromatic rings. The van der Waals surface area contributed by atoms with Gasteiger partial charge >= 0.3 is 12.1 Å². The van der Waals surface area contributed by atoms with Gasteiger partial charge in [-0.3, -0.25) is 4.90 Å². The van der Waals surface area contributed by atoms with Gasteiger partial charge in [0, 0.05) is 11.6 Å². The lowest BCUT2D eigenvalue weighted by Gasteiger charge is -2.34. The Balaban J connectivity index is 1.82. The molecule has 2 heterocycles. The number of carbonyl (C=O) groups is 2. The van der Waals surface area contributed by atoms with E-state index in [4.69, 9.17) is 18.7 Å². The zero-order valence-corrected chi connectivity index (χ0v) is 19.2. The molecule has 174 valence electrons. The predicted octanol–water partition coefficient (Wildman–Crippen LogP) is 4.90. The van der Waals surface area contributed by atoms with Gasteiger partial charge in [0.15, 0.2) is 11.5 Å². The number of benzene rings is 1. The summed E-state index contributed by atoms with van der Waals surface area (Å²) in [6.45, 7) is 9.84. The standard InChI is InChI=1S/C23H29FN2O6/c1-7-29-20(27)16-12-18(32-25-16)14-8-10-15(11-9-14)19-17(13-24)26(23(5,6)30-19)21(28)31-22(2,3)4/h8-12,17,19H,7,13H2,1-6H3. The van der Waals surface area contributed by atoms with Gasteiger partial charge in [-0.2, -0.15) is 0 Å². The van der Waals surface area contributed by atoms with Gasteiger partial charge in [-0.25, -0.2) is 14.0 Å². The topological polar surface area (TPSA) is 91.1 Å². The normalized spacial score (nSPS) is 20.3. The number of nitrogens with zero attached hydrogens (tertiary/aromatic N) is 2. The van der Waals surface area contributed by atoms with Crippen molar-refractivity contribution >= 4 is 12.1 Å². The van der Waals surface area contributed by atoms with E-state index in [1.807, 2.05) is 0 Å². The Morgan fingerprint density at radius 3 is 2.44 bits per heavy atom. The Morgan fingerprint density at radius 2 is 1.88 bits per heavy atom. The third-order valence-electron chi connectivity index (χ3n) is 4.94. The molecule has 2 atom stereocenters. The molecule has 0 saturated carbocycles. The fourth-order valence-corrected chi connectivity index (χ4v) is 3.64. The number of ether oxygens (including phenoxy) is 3. The molecule has 3 rings (SSSR count). The van der Waals surface area contributed by atoms with Crippen LogP contribution in [0.3, 0.4) is 0 Å². The highest BCUT2D eigenvalue weighted by molar-refractivity contribution is 5.88. The van der Waals surface area contributed by atoms with Crippen LogP contribution < -0.4 is 0 Å². The molecule has 9 heteroatoms. The van der Waals surface area contributed by atoms with Crippen LogP contribution in [0.5, 0.6) is 0 Å². The first-order valence-corrected chi connectivity index (χ1v) is 10.5. The number of hydrogen-bond donors (Lipinski definition) is 0. The Labute approximate surface area is 186 Å². The van der Waals surface area contributed by atoms with Crippen LogP contribution in [0.15, 0.2) is 34.9 Å². The SMILES string of the molecule is CCOC(=O)c1cc(-c2ccc(C3OC(C)(C)N(C(=O)OC(C)(C)C)C3CF)cc2)on1. The third-order valence-corrected chi connectivity index (χ3v) is 4.94. The van der Waals surface area contributed by atoms with Crippen molar-refractivity contribution in [2.45, 2.75) is 65.0 Å². The molecule has 0 N–H and O–H groups in total. The lowest BCUT2D eigenvalue weighted by molar-refractivity contribution is -0.0797. The van der Waals surface area contributed by atoms with Crippen molar-refractivity contribution in [2.24, 2.45) is 0 Å². The summed E-state index contributed by atoms with van der Waals surface area (Å²) in [5.41, 5.74) is -0.317. The Bertz CT molecular complexity index is 964. The fraction of sp³-hybridized carbons (Fsp3) is 0.522. The van der Waals surface area contributed by atoms with E-state index in [-0.39, 0.29) is 12.3 Å². The van der Waals surface area contributed by atoms with Crippen molar-refractivity contribution < 1.29 is 32.7 Å². The maximum atomic E-state index is 14.1. The van der Waals surface area contributed by atoms with Crippen LogP contribution in [0.1, 0.15) is 63.7 Å². The molecule has 1 aromatic carbocycles. The summed E-state index contributed by atoms with van der Waals surface area (Å²) < 4.78 is 35.8. The summed E-state index contributed by atoms with van der Waals surface area (Å²) >= 11 is 0. The number of alkyl halides is 1. The summed E-state index contributed by atoms with van der Waals surface area (Å²) in [7, 11) is 0. The van der Waals surface area contributed by atoms with Crippen LogP contribution in [0.25, 0.3) is 11.3 Å². The lowest BCUT2D eigenvalue weighted by atomic mass is 10.0. The molecular formula is C23H29FN2O6. The molecule has 32 heavy (non-hydrogen) atoms. The summed E-state index contributed by atoms with van der Waals surface area (Å²) in [5, 5.41) is 3.73. The molecule has 0 aliphatic carbocycles. The average Bonchev–Trinajstić information content (AvgIpc) is 3.29. The smallest absolute Gasteiger partial charge is 0.413 e. The number of carbonyl (C=O) groups excluding carboxylic acids is 2. The molecule has 0 radical (unpaired) electrons. The number of hydrogen-bond acceptors (Lipinski definition) is 7. The van der Waals surface area contributed by atoms with Crippen LogP contribution in [-0.4, -0.2) is 52.8 Å². The Morgan fingerprint density at radius 1 is 1.22 bits per heavy atom. The quantitative estimate of drug-likeness (QED) is 0.601. The Hall–Kier alpha value is -2.94. The number of halogens is 1. The Kier molecular flexibility index (Phi) is 6.59. The molecule has 1 aliphatic rings. The van der Waals surface area contributed by atoms with Crippen molar-refractivity contribution in [2.75, 3.05) is 13.3 Å². The van der Waals surface area contributed by atoms with Gasteiger partial charge in [-0.1, -0.05) is 29.4 Å². The molecule has 2 unspecified atom stereocenters. The number of rotatable bonds is 5. The monoisotopic (exact) mass is 448 g/mol. The van der Waals surface area contributed by atoms with E-state index in [0.717, 1.165) is 0 Å². The number of aromatic nitrogens is 1. The van der Waals surface area contributed by atoms with E-state index in [2.05, 4.69) is 5.16 Å². The van der Waals surface area contributed by atoms with Crippen LogP contribution >= 0.6 is 0 Å². The predicted molar refractivity (Wildman–Crippen MR) is 114 cm³/mol. The summed E-state index contributed by atoms with van der Waals surface area (Å²) in [5.74, 6) is -0.168. The van der Waals surface area contributed by atoms with Crippen LogP contribution in [0.4, 0.5) is 9.18 Å². The first kappa shape index (κ1) is 23.7. The maximum absolute atomic E-state index is 14.1. The van der Waals surface area contributed by atoms with Crippen LogP contribution in [0, 0.1) is 0 Å². The van der Waals surface area contributed by atoms with E-state index < -0.39 is 42.2 Å². The van der Waals surface area contributed by atoms with Gasteiger partial charge in [0.1, 0.15) is 24.1 Å². The minimum atomic E-state index is -1.05. The zero-order valence-electron chi connectivity index (χ0n) is 19.2. The van der Waals surface area contributed by atoms with Crippen LogP contribution in [0.2, 0.25) is 0 Å². The van der Waals surface area contributed by atoms with Gasteiger partial charge in [0.05, 0.1) is 12.6 Å². The second-order valence-corrected chi connectivity index (χ2v) is 8.98. The van der Waals surface area contributed by atoms with Gasteiger partial charge in [0.2, 0.25) is 0 Å². The largest absolute Gasteiger partial charge is 0.461 e. The minimum Gasteiger partial charge on any atom is -0.461 e. The number of amides is 1. The van der Waals surface area contributed by atoms with Crippen molar-refractivity contribution in [1.82, 2.24) is 10.1 Å². The van der Waals surface area contributed by atoms with E-state index in [0.29, 0.717) is 16.9 Å². The van der Waals surface area contributed by atoms with Gasteiger partial charge in [0.25, 0.3) is 0 Å². The van der Waals surface area contributed by atoms with Gasteiger partial charge in [-0.15, -0.1) is 0 Å². The van der Waals surface area contributed by atoms with E-state index in [9.17, 15) is 14.0 Å². The first-order valence-electron chi connectivity index (χ1n) is 10.5. The van der Waals surface area contributed by atoms with Gasteiger partial charge < -0.3 is 18.7 Å². The molecule has 1 fully saturated rings. The highest BCUT2D eigenvalue weighted by Crippen LogP contribution is 2.42. The highest BCUT2D eigenvalue weighted by Gasteiger charge is 2.51. The minimum absolute atomic E-state index is 0.0808. The van der Waals surface area contributed by atoms with E-state index >= 15 is 0 Å². The zero-order chi connectivity index (χ0) is 23.7. The fourth-order valence-electron chi connectivity index (χ4n) is 3.64. The second kappa shape index (κ2) is 8.90. The van der Waals surface area contributed by atoms with Crippen molar-refractivity contribution in [3.63, 3.8) is 0 Å². The average molecular weight is 448 g/mol. The maximum Gasteiger partial charge on any atom is 0.413 e. The molecule has 1 saturated heterocycles.